The van der Waals surface area contributed by atoms with E-state index in [-0.39, 0.29) is 17.3 Å². The second-order valence-electron chi connectivity index (χ2n) is 6.02. The van der Waals surface area contributed by atoms with E-state index in [0.29, 0.717) is 12.5 Å². The lowest BCUT2D eigenvalue weighted by molar-refractivity contribution is 0.277. The van der Waals surface area contributed by atoms with Crippen LogP contribution in [0.3, 0.4) is 0 Å². The van der Waals surface area contributed by atoms with Crippen molar-refractivity contribution in [1.29, 1.82) is 5.41 Å². The van der Waals surface area contributed by atoms with Crippen LogP contribution in [0.1, 0.15) is 58.3 Å². The third-order valence-electron chi connectivity index (χ3n) is 4.13. The zero-order valence-electron chi connectivity index (χ0n) is 13.5. The number of aromatic nitrogens is 3. The van der Waals surface area contributed by atoms with Crippen molar-refractivity contribution in [3.8, 4) is 6.01 Å². The van der Waals surface area contributed by atoms with Gasteiger partial charge in [-0.3, -0.25) is 5.41 Å². The van der Waals surface area contributed by atoms with E-state index in [1.165, 1.54) is 36.8 Å². The van der Waals surface area contributed by atoms with Crippen molar-refractivity contribution in [1.82, 2.24) is 14.8 Å². The Hall–Kier alpha value is -1.85. The first-order chi connectivity index (χ1) is 10.6. The van der Waals surface area contributed by atoms with Crippen LogP contribution >= 0.6 is 0 Å². The number of anilines is 1. The van der Waals surface area contributed by atoms with Gasteiger partial charge in [-0.15, -0.1) is 5.10 Å². The molecule has 0 aliphatic heterocycles. The van der Waals surface area contributed by atoms with Gasteiger partial charge in [0.05, 0.1) is 6.61 Å². The van der Waals surface area contributed by atoms with Gasteiger partial charge in [0.1, 0.15) is 0 Å². The number of unbranched alkanes of at least 4 members (excludes halogenated alkanes) is 1. The van der Waals surface area contributed by atoms with Crippen molar-refractivity contribution in [2.24, 2.45) is 5.92 Å². The van der Waals surface area contributed by atoms with Crippen molar-refractivity contribution in [3.05, 3.63) is 12.1 Å². The highest BCUT2D eigenvalue weighted by molar-refractivity contribution is 5.42. The Kier molecular flexibility index (Phi) is 5.98. The minimum atomic E-state index is 0.0867. The monoisotopic (exact) mass is 305 g/mol. The number of hydrogen-bond acceptors (Lipinski definition) is 5. The highest BCUT2D eigenvalue weighted by atomic mass is 16.5. The van der Waals surface area contributed by atoms with E-state index < -0.39 is 0 Å². The Bertz CT molecular complexity index is 560. The largest absolute Gasteiger partial charge is 0.462 e. The molecular formula is C16H27N5O. The van der Waals surface area contributed by atoms with Crippen molar-refractivity contribution in [2.75, 3.05) is 12.3 Å². The molecule has 1 fully saturated rings. The summed E-state index contributed by atoms with van der Waals surface area (Å²) in [5.74, 6) is 0.764. The van der Waals surface area contributed by atoms with Crippen LogP contribution in [0.5, 0.6) is 6.01 Å². The van der Waals surface area contributed by atoms with Crippen LogP contribution in [-0.4, -0.2) is 21.4 Å². The van der Waals surface area contributed by atoms with Gasteiger partial charge in [0.25, 0.3) is 0 Å². The summed E-state index contributed by atoms with van der Waals surface area (Å²) in [5, 5.41) is 12.3. The summed E-state index contributed by atoms with van der Waals surface area (Å²) in [6.45, 7) is 6.75. The topological polar surface area (TPSA) is 89.8 Å². The quantitative estimate of drug-likeness (QED) is 0.758. The molecule has 1 aromatic heterocycles. The molecule has 0 atom stereocenters. The summed E-state index contributed by atoms with van der Waals surface area (Å²) in [5.41, 5.74) is 6.70. The SMILES string of the molecule is C=C(CC1CCCCC1)n1nc(OCCCC)nc(N)c1=N. The molecule has 0 amide bonds. The van der Waals surface area contributed by atoms with E-state index in [0.717, 1.165) is 25.0 Å². The van der Waals surface area contributed by atoms with Crippen molar-refractivity contribution in [3.63, 3.8) is 0 Å². The first-order valence-electron chi connectivity index (χ1n) is 8.24. The Balaban J connectivity index is 2.10. The van der Waals surface area contributed by atoms with Gasteiger partial charge in [0, 0.05) is 5.70 Å². The van der Waals surface area contributed by atoms with Crippen LogP contribution in [0.2, 0.25) is 0 Å². The molecule has 1 saturated carbocycles. The molecule has 6 heteroatoms. The lowest BCUT2D eigenvalue weighted by Crippen LogP contribution is -2.28. The molecule has 2 rings (SSSR count). The van der Waals surface area contributed by atoms with E-state index in [9.17, 15) is 0 Å². The van der Waals surface area contributed by atoms with Crippen LogP contribution < -0.4 is 16.0 Å². The fourth-order valence-corrected chi connectivity index (χ4v) is 2.83. The lowest BCUT2D eigenvalue weighted by Gasteiger charge is -2.22. The lowest BCUT2D eigenvalue weighted by atomic mass is 9.86. The summed E-state index contributed by atoms with van der Waals surface area (Å²) >= 11 is 0. The first kappa shape index (κ1) is 16.5. The zero-order chi connectivity index (χ0) is 15.9. The molecule has 122 valence electrons. The van der Waals surface area contributed by atoms with Gasteiger partial charge in [0.15, 0.2) is 11.3 Å². The van der Waals surface area contributed by atoms with Gasteiger partial charge in [-0.1, -0.05) is 52.0 Å². The van der Waals surface area contributed by atoms with E-state index in [1.807, 2.05) is 0 Å². The Morgan fingerprint density at radius 1 is 1.41 bits per heavy atom. The van der Waals surface area contributed by atoms with Crippen LogP contribution in [0, 0.1) is 11.3 Å². The predicted octanol–water partition coefficient (Wildman–Crippen LogP) is 2.96. The molecule has 0 aromatic carbocycles. The summed E-state index contributed by atoms with van der Waals surface area (Å²) < 4.78 is 7.00. The molecule has 0 bridgehead atoms. The van der Waals surface area contributed by atoms with Crippen molar-refractivity contribution in [2.45, 2.75) is 58.3 Å². The molecule has 1 heterocycles. The molecule has 0 spiro atoms. The van der Waals surface area contributed by atoms with Crippen LogP contribution in [0.4, 0.5) is 5.82 Å². The fraction of sp³-hybridized carbons (Fsp3) is 0.688. The number of nitrogens with two attached hydrogens (primary N) is 1. The molecule has 0 unspecified atom stereocenters. The number of nitrogens with zero attached hydrogens (tertiary/aromatic N) is 3. The van der Waals surface area contributed by atoms with Gasteiger partial charge in [0.2, 0.25) is 0 Å². The van der Waals surface area contributed by atoms with Gasteiger partial charge in [-0.25, -0.2) is 4.68 Å². The molecular weight excluding hydrogens is 278 g/mol. The van der Waals surface area contributed by atoms with Crippen LogP contribution in [-0.2, 0) is 0 Å². The Morgan fingerprint density at radius 2 is 2.14 bits per heavy atom. The average Bonchev–Trinajstić information content (AvgIpc) is 2.51. The number of nitrogens with one attached hydrogen (secondary N) is 1. The molecule has 22 heavy (non-hydrogen) atoms. The number of allylic oxidation sites excluding steroid dienone is 1. The van der Waals surface area contributed by atoms with Crippen molar-refractivity contribution < 1.29 is 4.74 Å². The van der Waals surface area contributed by atoms with Gasteiger partial charge in [-0.2, -0.15) is 4.98 Å². The van der Waals surface area contributed by atoms with E-state index >= 15 is 0 Å². The van der Waals surface area contributed by atoms with E-state index in [1.54, 1.807) is 0 Å². The zero-order valence-corrected chi connectivity index (χ0v) is 13.5. The minimum absolute atomic E-state index is 0.0867. The fourth-order valence-electron chi connectivity index (χ4n) is 2.83. The molecule has 1 aliphatic rings. The summed E-state index contributed by atoms with van der Waals surface area (Å²) in [7, 11) is 0. The summed E-state index contributed by atoms with van der Waals surface area (Å²) in [6, 6.07) is 0.228. The highest BCUT2D eigenvalue weighted by Crippen LogP contribution is 2.29. The smallest absolute Gasteiger partial charge is 0.336 e. The van der Waals surface area contributed by atoms with Crippen LogP contribution in [0.25, 0.3) is 5.70 Å². The maximum absolute atomic E-state index is 8.05. The molecule has 1 aliphatic carbocycles. The summed E-state index contributed by atoms with van der Waals surface area (Å²) in [6.07, 6.45) is 9.19. The third-order valence-corrected chi connectivity index (χ3v) is 4.13. The number of rotatable bonds is 7. The molecule has 6 nitrogen and oxygen atoms in total. The maximum atomic E-state index is 8.05. The minimum Gasteiger partial charge on any atom is -0.462 e. The summed E-state index contributed by atoms with van der Waals surface area (Å²) in [4.78, 5) is 4.03. The normalized spacial score (nSPS) is 15.7. The second-order valence-corrected chi connectivity index (χ2v) is 6.02. The van der Waals surface area contributed by atoms with E-state index in [2.05, 4.69) is 23.6 Å². The molecule has 0 radical (unpaired) electrons. The standard InChI is InChI=1S/C16H27N5O/c1-3-4-10-22-16-19-14(17)15(18)21(20-16)12(2)11-13-8-6-5-7-9-13/h13,18H,2-11H2,1H3,(H2,17,19,20). The Labute approximate surface area is 131 Å². The van der Waals surface area contributed by atoms with E-state index in [4.69, 9.17) is 15.9 Å². The number of hydrogen-bond donors (Lipinski definition) is 2. The predicted molar refractivity (Wildman–Crippen MR) is 87.2 cm³/mol. The number of nitrogen functional groups attached to an aromatic ring is 1. The molecule has 1 aromatic rings. The van der Waals surface area contributed by atoms with Crippen molar-refractivity contribution >= 4 is 11.5 Å². The Morgan fingerprint density at radius 3 is 2.82 bits per heavy atom. The van der Waals surface area contributed by atoms with Gasteiger partial charge in [-0.05, 0) is 18.8 Å². The molecule has 3 N–H and O–H groups in total. The van der Waals surface area contributed by atoms with Gasteiger partial charge >= 0.3 is 6.01 Å². The second kappa shape index (κ2) is 7.96. The maximum Gasteiger partial charge on any atom is 0.336 e. The number of ether oxygens (including phenoxy) is 1. The van der Waals surface area contributed by atoms with Gasteiger partial charge < -0.3 is 10.5 Å². The van der Waals surface area contributed by atoms with Crippen LogP contribution in [0.15, 0.2) is 6.58 Å². The molecule has 0 saturated heterocycles. The highest BCUT2D eigenvalue weighted by Gasteiger charge is 2.17. The average molecular weight is 305 g/mol. The third kappa shape index (κ3) is 4.32. The first-order valence-corrected chi connectivity index (χ1v) is 8.24.